The topological polar surface area (TPSA) is 0 Å². The van der Waals surface area contributed by atoms with E-state index in [2.05, 4.69) is 133 Å². The maximum atomic E-state index is 2.46. The normalized spacial score (nSPS) is 14.1. The lowest BCUT2D eigenvalue weighted by Crippen LogP contribution is -2.35. The van der Waals surface area contributed by atoms with E-state index in [4.69, 9.17) is 0 Å². The molecule has 0 aliphatic rings. The molecule has 0 spiro atoms. The highest BCUT2D eigenvalue weighted by atomic mass is 14.4. The van der Waals surface area contributed by atoms with Crippen LogP contribution in [0.4, 0.5) is 0 Å². The molecule has 0 fully saturated rings. The van der Waals surface area contributed by atoms with Gasteiger partial charge in [-0.15, -0.1) is 0 Å². The Kier molecular flexibility index (Phi) is 6.46. The van der Waals surface area contributed by atoms with Crippen molar-refractivity contribution in [2.24, 2.45) is 0 Å². The fraction of sp³-hybridized carbons (Fsp3) is 0.613. The summed E-state index contributed by atoms with van der Waals surface area (Å²) in [5, 5.41) is 0. The molecule has 0 heterocycles. The summed E-state index contributed by atoms with van der Waals surface area (Å²) in [6.07, 6.45) is 0. The fourth-order valence-electron chi connectivity index (χ4n) is 5.08. The first-order valence-electron chi connectivity index (χ1n) is 12.0. The van der Waals surface area contributed by atoms with Gasteiger partial charge in [0.25, 0.3) is 0 Å². The van der Waals surface area contributed by atoms with Crippen molar-refractivity contribution in [2.45, 2.75) is 124 Å². The summed E-state index contributed by atoms with van der Waals surface area (Å²) in [5.41, 5.74) is 9.06. The van der Waals surface area contributed by atoms with Gasteiger partial charge < -0.3 is 0 Å². The Labute approximate surface area is 193 Å². The molecular formula is C31H48. The fourth-order valence-corrected chi connectivity index (χ4v) is 5.08. The maximum Gasteiger partial charge on any atom is 0.0158 e. The van der Waals surface area contributed by atoms with Crippen LogP contribution in [0.2, 0.25) is 0 Å². The summed E-state index contributed by atoms with van der Waals surface area (Å²) < 4.78 is 0. The van der Waals surface area contributed by atoms with E-state index in [1.165, 1.54) is 33.4 Å². The minimum absolute atomic E-state index is 0.0758. The van der Waals surface area contributed by atoms with Gasteiger partial charge in [-0.25, -0.2) is 0 Å². The quantitative estimate of drug-likeness (QED) is 0.454. The second-order valence-electron chi connectivity index (χ2n) is 14.1. The van der Waals surface area contributed by atoms with Crippen molar-refractivity contribution in [3.8, 4) is 0 Å². The smallest absolute Gasteiger partial charge is 0.0158 e. The van der Waals surface area contributed by atoms with Crippen LogP contribution < -0.4 is 0 Å². The maximum absolute atomic E-state index is 2.46. The van der Waals surface area contributed by atoms with Gasteiger partial charge in [-0.2, -0.15) is 0 Å². The second kappa shape index (κ2) is 7.79. The summed E-state index contributed by atoms with van der Waals surface area (Å²) in [6, 6.07) is 14.0. The molecule has 2 aromatic rings. The molecule has 0 amide bonds. The van der Waals surface area contributed by atoms with Crippen molar-refractivity contribution in [3.05, 3.63) is 69.8 Å². The van der Waals surface area contributed by atoms with E-state index >= 15 is 0 Å². The van der Waals surface area contributed by atoms with Crippen molar-refractivity contribution in [2.75, 3.05) is 0 Å². The van der Waals surface area contributed by atoms with E-state index in [1.54, 1.807) is 0 Å². The van der Waals surface area contributed by atoms with E-state index in [1.807, 2.05) is 0 Å². The number of rotatable bonds is 2. The van der Waals surface area contributed by atoms with Gasteiger partial charge in [0.2, 0.25) is 0 Å². The molecule has 2 rings (SSSR count). The van der Waals surface area contributed by atoms with Crippen LogP contribution in [0.25, 0.3) is 0 Å². The van der Waals surface area contributed by atoms with Gasteiger partial charge >= 0.3 is 0 Å². The third-order valence-corrected chi connectivity index (χ3v) is 6.61. The van der Waals surface area contributed by atoms with Crippen molar-refractivity contribution in [3.63, 3.8) is 0 Å². The lowest BCUT2D eigenvalue weighted by molar-refractivity contribution is 0.485. The molecule has 0 heteroatoms. The molecule has 0 radical (unpaired) electrons. The Balaban J connectivity index is 3.12. The minimum Gasteiger partial charge on any atom is -0.0617 e. The summed E-state index contributed by atoms with van der Waals surface area (Å²) in [6.45, 7) is 33.2. The van der Waals surface area contributed by atoms with Crippen LogP contribution in [0.15, 0.2) is 36.4 Å². The summed E-state index contributed by atoms with van der Waals surface area (Å²) in [5.74, 6) is 0. The van der Waals surface area contributed by atoms with Crippen LogP contribution in [0.1, 0.15) is 130 Å². The second-order valence-corrected chi connectivity index (χ2v) is 14.1. The Morgan fingerprint density at radius 3 is 0.710 bits per heavy atom. The molecular weight excluding hydrogens is 372 g/mol. The minimum atomic E-state index is -0.126. The van der Waals surface area contributed by atoms with Crippen molar-refractivity contribution >= 4 is 0 Å². The third kappa shape index (κ3) is 5.10. The largest absolute Gasteiger partial charge is 0.0617 e. The van der Waals surface area contributed by atoms with Crippen molar-refractivity contribution in [1.29, 1.82) is 0 Å². The van der Waals surface area contributed by atoms with Gasteiger partial charge in [-0.3, -0.25) is 0 Å². The first-order chi connectivity index (χ1) is 13.7. The van der Waals surface area contributed by atoms with Gasteiger partial charge in [0, 0.05) is 5.41 Å². The van der Waals surface area contributed by atoms with Crippen LogP contribution in [0, 0.1) is 0 Å². The van der Waals surface area contributed by atoms with E-state index < -0.39 is 0 Å². The molecule has 0 aromatic heterocycles. The van der Waals surface area contributed by atoms with Gasteiger partial charge in [-0.05, 0) is 55.0 Å². The monoisotopic (exact) mass is 420 g/mol. The zero-order valence-electron chi connectivity index (χ0n) is 23.0. The molecule has 0 unspecified atom stereocenters. The summed E-state index contributed by atoms with van der Waals surface area (Å²) in [4.78, 5) is 0. The number of hydrogen-bond acceptors (Lipinski definition) is 0. The van der Waals surface area contributed by atoms with Gasteiger partial charge in [-0.1, -0.05) is 133 Å². The molecule has 0 atom stereocenters. The van der Waals surface area contributed by atoms with Crippen LogP contribution in [0.3, 0.4) is 0 Å². The molecule has 0 aliphatic carbocycles. The average Bonchev–Trinajstić information content (AvgIpc) is 2.57. The molecule has 0 N–H and O–H groups in total. The Bertz CT molecular complexity index is 784. The standard InChI is InChI=1S/C31H48/c1-27(2,3)21-17-15-18-22(28(4,5)6)25(21)31(13,14)26-23(29(7,8)9)19-16-20-24(26)30(10,11)12/h15-20H,1-14H3. The number of benzene rings is 2. The highest BCUT2D eigenvalue weighted by Crippen LogP contribution is 2.49. The number of hydrogen-bond donors (Lipinski definition) is 0. The molecule has 0 saturated heterocycles. The Hall–Kier alpha value is -1.56. The lowest BCUT2D eigenvalue weighted by Gasteiger charge is -2.43. The first kappa shape index (κ1) is 25.7. The highest BCUT2D eigenvalue weighted by molar-refractivity contribution is 5.57. The Morgan fingerprint density at radius 1 is 0.355 bits per heavy atom. The molecule has 0 nitrogen and oxygen atoms in total. The van der Waals surface area contributed by atoms with E-state index in [0.29, 0.717) is 0 Å². The van der Waals surface area contributed by atoms with Crippen molar-refractivity contribution in [1.82, 2.24) is 0 Å². The average molecular weight is 421 g/mol. The van der Waals surface area contributed by atoms with Crippen LogP contribution >= 0.6 is 0 Å². The van der Waals surface area contributed by atoms with Gasteiger partial charge in [0.15, 0.2) is 0 Å². The zero-order chi connectivity index (χ0) is 24.2. The highest BCUT2D eigenvalue weighted by Gasteiger charge is 2.40. The van der Waals surface area contributed by atoms with Gasteiger partial charge in [0.05, 0.1) is 0 Å². The van der Waals surface area contributed by atoms with Crippen molar-refractivity contribution < 1.29 is 0 Å². The molecule has 0 saturated carbocycles. The van der Waals surface area contributed by atoms with Crippen LogP contribution in [0.5, 0.6) is 0 Å². The molecule has 0 aliphatic heterocycles. The van der Waals surface area contributed by atoms with Gasteiger partial charge in [0.1, 0.15) is 0 Å². The predicted molar refractivity (Wildman–Crippen MR) is 140 cm³/mol. The Morgan fingerprint density at radius 2 is 0.548 bits per heavy atom. The van der Waals surface area contributed by atoms with Crippen LogP contribution in [-0.4, -0.2) is 0 Å². The summed E-state index contributed by atoms with van der Waals surface area (Å²) >= 11 is 0. The molecule has 31 heavy (non-hydrogen) atoms. The first-order valence-corrected chi connectivity index (χ1v) is 12.0. The lowest BCUT2D eigenvalue weighted by atomic mass is 9.61. The summed E-state index contributed by atoms with van der Waals surface area (Å²) in [7, 11) is 0. The van der Waals surface area contributed by atoms with E-state index in [-0.39, 0.29) is 27.1 Å². The molecule has 172 valence electrons. The SMILES string of the molecule is CC(C)(C)c1cccc(C(C)(C)C)c1C(C)(C)c1c(C(C)(C)C)cccc1C(C)(C)C. The molecule has 0 bridgehead atoms. The van der Waals surface area contributed by atoms with E-state index in [9.17, 15) is 0 Å². The molecule has 2 aromatic carbocycles. The third-order valence-electron chi connectivity index (χ3n) is 6.61. The van der Waals surface area contributed by atoms with E-state index in [0.717, 1.165) is 0 Å². The van der Waals surface area contributed by atoms with Crippen LogP contribution in [-0.2, 0) is 27.1 Å². The zero-order valence-corrected chi connectivity index (χ0v) is 23.0. The predicted octanol–water partition coefficient (Wildman–Crippen LogP) is 9.20.